The maximum Gasteiger partial charge on any atom is 0.224 e. The maximum absolute atomic E-state index is 11.8. The molecule has 2 saturated heterocycles. The van der Waals surface area contributed by atoms with Crippen LogP contribution >= 0.6 is 11.8 Å². The van der Waals surface area contributed by atoms with Crippen molar-refractivity contribution in [2.45, 2.75) is 50.1 Å². The lowest BCUT2D eigenvalue weighted by Gasteiger charge is -2.46. The summed E-state index contributed by atoms with van der Waals surface area (Å²) >= 11 is 1.66. The second-order valence-corrected chi connectivity index (χ2v) is 6.27. The molecule has 6 heteroatoms. The van der Waals surface area contributed by atoms with Crippen molar-refractivity contribution in [3.05, 3.63) is 0 Å². The number of hydrogen-bond acceptors (Lipinski definition) is 5. The van der Waals surface area contributed by atoms with Crippen molar-refractivity contribution in [1.29, 1.82) is 0 Å². The maximum atomic E-state index is 11.8. The van der Waals surface area contributed by atoms with E-state index in [0.29, 0.717) is 19.4 Å². The van der Waals surface area contributed by atoms with Gasteiger partial charge in [-0.05, 0) is 13.8 Å². The molecule has 0 bridgehead atoms. The van der Waals surface area contributed by atoms with E-state index in [1.54, 1.807) is 30.5 Å². The minimum absolute atomic E-state index is 0.0665. The second-order valence-electron chi connectivity index (χ2n) is 5.05. The number of nitrogens with zero attached hydrogens (tertiary/aromatic N) is 1. The summed E-state index contributed by atoms with van der Waals surface area (Å²) in [4.78, 5) is 13.4. The number of fused-ring (bicyclic) bond motifs is 1. The molecule has 0 aliphatic carbocycles. The number of amides is 1. The van der Waals surface area contributed by atoms with Gasteiger partial charge >= 0.3 is 0 Å². The van der Waals surface area contributed by atoms with Gasteiger partial charge in [-0.2, -0.15) is 0 Å². The van der Waals surface area contributed by atoms with Crippen molar-refractivity contribution < 1.29 is 19.7 Å². The van der Waals surface area contributed by atoms with E-state index in [2.05, 4.69) is 0 Å². The minimum atomic E-state index is -1.24. The first-order valence-electron chi connectivity index (χ1n) is 5.86. The van der Waals surface area contributed by atoms with Gasteiger partial charge < -0.3 is 19.8 Å². The van der Waals surface area contributed by atoms with E-state index in [9.17, 15) is 15.0 Å². The molecule has 0 radical (unpaired) electrons. The third-order valence-corrected chi connectivity index (χ3v) is 4.24. The van der Waals surface area contributed by atoms with Gasteiger partial charge in [0.2, 0.25) is 5.91 Å². The number of carbonyl (C=O) groups is 1. The average molecular weight is 261 g/mol. The second kappa shape index (κ2) is 4.76. The van der Waals surface area contributed by atoms with Crippen molar-refractivity contribution in [2.24, 2.45) is 0 Å². The quantitative estimate of drug-likeness (QED) is 0.693. The van der Waals surface area contributed by atoms with E-state index in [0.717, 1.165) is 5.75 Å². The predicted molar refractivity (Wildman–Crippen MR) is 64.4 cm³/mol. The molecule has 0 spiro atoms. The van der Waals surface area contributed by atoms with Crippen LogP contribution in [0.3, 0.4) is 0 Å². The highest BCUT2D eigenvalue weighted by Crippen LogP contribution is 2.34. The zero-order valence-electron chi connectivity index (χ0n) is 10.1. The van der Waals surface area contributed by atoms with Crippen LogP contribution in [0, 0.1) is 0 Å². The van der Waals surface area contributed by atoms with Gasteiger partial charge in [-0.3, -0.25) is 4.79 Å². The molecule has 2 aliphatic heterocycles. The van der Waals surface area contributed by atoms with Gasteiger partial charge in [0.05, 0.1) is 12.2 Å². The van der Waals surface area contributed by atoms with Crippen molar-refractivity contribution in [2.75, 3.05) is 12.3 Å². The van der Waals surface area contributed by atoms with Crippen LogP contribution < -0.4 is 0 Å². The molecular formula is C11H19NO4S. The molecule has 0 aromatic rings. The topological polar surface area (TPSA) is 70.0 Å². The molecule has 2 fully saturated rings. The third-order valence-electron chi connectivity index (χ3n) is 2.90. The molecule has 3 atom stereocenters. The molecule has 17 heavy (non-hydrogen) atoms. The van der Waals surface area contributed by atoms with Crippen LogP contribution in [0.15, 0.2) is 0 Å². The van der Waals surface area contributed by atoms with Gasteiger partial charge in [0, 0.05) is 25.1 Å². The SMILES string of the molecule is CC(C)(O)O[C@@H]1C[C@H](O)CN2C(=O)CCS[C@@H]12. The number of rotatable bonds is 2. The van der Waals surface area contributed by atoms with Gasteiger partial charge in [0.1, 0.15) is 5.37 Å². The molecule has 0 saturated carbocycles. The highest BCUT2D eigenvalue weighted by Gasteiger charge is 2.42. The normalized spacial score (nSPS) is 34.7. The van der Waals surface area contributed by atoms with Crippen molar-refractivity contribution in [3.63, 3.8) is 0 Å². The van der Waals surface area contributed by atoms with E-state index in [1.165, 1.54) is 0 Å². The molecule has 1 amide bonds. The Bertz CT molecular complexity index is 304. The Balaban J connectivity index is 2.11. The van der Waals surface area contributed by atoms with Crippen LogP contribution in [0.5, 0.6) is 0 Å². The number of thioether (sulfide) groups is 1. The number of ether oxygens (including phenoxy) is 1. The summed E-state index contributed by atoms with van der Waals surface area (Å²) in [5.41, 5.74) is 0. The molecule has 0 unspecified atom stereocenters. The fourth-order valence-corrected chi connectivity index (χ4v) is 3.62. The standard InChI is InChI=1S/C11H19NO4S/c1-11(2,15)16-8-5-7(13)6-12-9(14)3-4-17-10(8)12/h7-8,10,13,15H,3-6H2,1-2H3/t7-,8+,10-/m0/s1. The fourth-order valence-electron chi connectivity index (χ4n) is 2.32. The van der Waals surface area contributed by atoms with Crippen LogP contribution in [0.4, 0.5) is 0 Å². The predicted octanol–water partition coefficient (Wildman–Crippen LogP) is 0.156. The Morgan fingerprint density at radius 2 is 2.24 bits per heavy atom. The molecule has 5 nitrogen and oxygen atoms in total. The minimum Gasteiger partial charge on any atom is -0.391 e. The molecule has 0 aromatic heterocycles. The Kier molecular flexibility index (Phi) is 3.68. The number of carbonyl (C=O) groups excluding carboxylic acids is 1. The number of hydrogen-bond donors (Lipinski definition) is 2. The zero-order chi connectivity index (χ0) is 12.6. The summed E-state index contributed by atoms with van der Waals surface area (Å²) in [5, 5.41) is 19.4. The lowest BCUT2D eigenvalue weighted by Crippen LogP contribution is -2.58. The van der Waals surface area contributed by atoms with Gasteiger partial charge in [0.15, 0.2) is 5.79 Å². The summed E-state index contributed by atoms with van der Waals surface area (Å²) in [7, 11) is 0. The molecule has 2 rings (SSSR count). The first-order valence-corrected chi connectivity index (χ1v) is 6.91. The Hall–Kier alpha value is -0.300. The highest BCUT2D eigenvalue weighted by molar-refractivity contribution is 8.00. The Labute approximate surface area is 105 Å². The molecular weight excluding hydrogens is 242 g/mol. The third kappa shape index (κ3) is 3.13. The van der Waals surface area contributed by atoms with E-state index < -0.39 is 11.9 Å². The lowest BCUT2D eigenvalue weighted by atomic mass is 10.0. The van der Waals surface area contributed by atoms with E-state index in [4.69, 9.17) is 4.74 Å². The molecule has 2 N–H and O–H groups in total. The zero-order valence-corrected chi connectivity index (χ0v) is 10.9. The summed E-state index contributed by atoms with van der Waals surface area (Å²) in [6, 6.07) is 0. The summed E-state index contributed by atoms with van der Waals surface area (Å²) in [6.45, 7) is 3.50. The Morgan fingerprint density at radius 3 is 2.88 bits per heavy atom. The van der Waals surface area contributed by atoms with Crippen LogP contribution in [-0.4, -0.2) is 56.7 Å². The monoisotopic (exact) mass is 261 g/mol. The number of piperidine rings is 1. The smallest absolute Gasteiger partial charge is 0.224 e. The summed E-state index contributed by atoms with van der Waals surface area (Å²) < 4.78 is 5.55. The molecule has 2 aliphatic rings. The van der Waals surface area contributed by atoms with Crippen LogP contribution in [0.2, 0.25) is 0 Å². The molecule has 0 aromatic carbocycles. The van der Waals surface area contributed by atoms with Gasteiger partial charge in [-0.15, -0.1) is 11.8 Å². The van der Waals surface area contributed by atoms with Gasteiger partial charge in [0.25, 0.3) is 0 Å². The fraction of sp³-hybridized carbons (Fsp3) is 0.909. The average Bonchev–Trinajstić information content (AvgIpc) is 2.17. The largest absolute Gasteiger partial charge is 0.391 e. The van der Waals surface area contributed by atoms with Crippen LogP contribution in [0.1, 0.15) is 26.7 Å². The number of aliphatic hydroxyl groups excluding tert-OH is 1. The van der Waals surface area contributed by atoms with Crippen LogP contribution in [0.25, 0.3) is 0 Å². The van der Waals surface area contributed by atoms with E-state index >= 15 is 0 Å². The lowest BCUT2D eigenvalue weighted by molar-refractivity contribution is -0.225. The Morgan fingerprint density at radius 1 is 1.53 bits per heavy atom. The molecule has 2 heterocycles. The first-order chi connectivity index (χ1) is 7.87. The van der Waals surface area contributed by atoms with Crippen molar-refractivity contribution >= 4 is 17.7 Å². The van der Waals surface area contributed by atoms with Gasteiger partial charge in [-0.1, -0.05) is 0 Å². The van der Waals surface area contributed by atoms with Crippen molar-refractivity contribution in [3.8, 4) is 0 Å². The summed E-state index contributed by atoms with van der Waals surface area (Å²) in [5.74, 6) is -0.396. The summed E-state index contributed by atoms with van der Waals surface area (Å²) in [6.07, 6.45) is 0.100. The first kappa shape index (κ1) is 13.1. The molecule has 98 valence electrons. The van der Waals surface area contributed by atoms with E-state index in [-0.39, 0.29) is 17.4 Å². The highest BCUT2D eigenvalue weighted by atomic mass is 32.2. The van der Waals surface area contributed by atoms with Crippen molar-refractivity contribution in [1.82, 2.24) is 4.90 Å². The number of aliphatic hydroxyl groups is 2. The van der Waals surface area contributed by atoms with E-state index in [1.807, 2.05) is 0 Å². The van der Waals surface area contributed by atoms with Crippen LogP contribution in [-0.2, 0) is 9.53 Å². The van der Waals surface area contributed by atoms with Gasteiger partial charge in [-0.25, -0.2) is 0 Å².